The van der Waals surface area contributed by atoms with Crippen LogP contribution in [0.4, 0.5) is 10.1 Å². The maximum atomic E-state index is 13.4. The zero-order valence-corrected chi connectivity index (χ0v) is 15.8. The lowest BCUT2D eigenvalue weighted by Gasteiger charge is -2.14. The van der Waals surface area contributed by atoms with Crippen molar-refractivity contribution in [3.8, 4) is 0 Å². The largest absolute Gasteiger partial charge is 0.465 e. The molecule has 0 aromatic heterocycles. The van der Waals surface area contributed by atoms with Gasteiger partial charge in [0.1, 0.15) is 18.2 Å². The van der Waals surface area contributed by atoms with Crippen molar-refractivity contribution in [1.82, 2.24) is 5.32 Å². The number of benzene rings is 2. The molecule has 0 saturated carbocycles. The Bertz CT molecular complexity index is 899. The van der Waals surface area contributed by atoms with E-state index in [1.807, 2.05) is 0 Å². The van der Waals surface area contributed by atoms with Gasteiger partial charge in [-0.15, -0.1) is 0 Å². The maximum absolute atomic E-state index is 13.4. The Balaban J connectivity index is 2.14. The van der Waals surface area contributed by atoms with E-state index < -0.39 is 5.97 Å². The lowest BCUT2D eigenvalue weighted by atomic mass is 10.1. The number of hydrogen-bond donors (Lipinski definition) is 4. The van der Waals surface area contributed by atoms with Gasteiger partial charge in [-0.25, -0.2) is 4.39 Å². The highest BCUT2D eigenvalue weighted by atomic mass is 19.1. The van der Waals surface area contributed by atoms with Crippen LogP contribution in [-0.2, 0) is 16.1 Å². The predicted molar refractivity (Wildman–Crippen MR) is 105 cm³/mol. The lowest BCUT2D eigenvalue weighted by Crippen LogP contribution is -2.24. The molecule has 7 nitrogen and oxygen atoms in total. The number of ether oxygens (including phenoxy) is 1. The van der Waals surface area contributed by atoms with Crippen LogP contribution in [0.5, 0.6) is 0 Å². The first-order valence-corrected chi connectivity index (χ1v) is 8.73. The van der Waals surface area contributed by atoms with Gasteiger partial charge in [-0.3, -0.25) is 15.0 Å². The average Bonchev–Trinajstić information content (AvgIpc) is 2.67. The number of aryl methyl sites for hydroxylation is 1. The van der Waals surface area contributed by atoms with E-state index in [1.54, 1.807) is 32.0 Å². The van der Waals surface area contributed by atoms with E-state index in [4.69, 9.17) is 15.9 Å². The maximum Gasteiger partial charge on any atom is 0.325 e. The smallest absolute Gasteiger partial charge is 0.325 e. The molecule has 0 atom stereocenters. The molecule has 8 heteroatoms. The van der Waals surface area contributed by atoms with Gasteiger partial charge in [-0.05, 0) is 49.2 Å². The lowest BCUT2D eigenvalue weighted by molar-refractivity contribution is -0.140. The first-order chi connectivity index (χ1) is 13.3. The molecule has 0 bridgehead atoms. The van der Waals surface area contributed by atoms with Gasteiger partial charge in [0.15, 0.2) is 0 Å². The summed E-state index contributed by atoms with van der Waals surface area (Å²) < 4.78 is 18.3. The van der Waals surface area contributed by atoms with Crippen molar-refractivity contribution in [1.29, 1.82) is 5.41 Å². The molecule has 0 spiro atoms. The molecule has 2 aromatic rings. The molecular formula is C20H23FN4O3. The highest BCUT2D eigenvalue weighted by molar-refractivity contribution is 5.96. The van der Waals surface area contributed by atoms with Gasteiger partial charge in [0.2, 0.25) is 0 Å². The summed E-state index contributed by atoms with van der Waals surface area (Å²) in [7, 11) is 0. The second-order valence-electron chi connectivity index (χ2n) is 6.09. The van der Waals surface area contributed by atoms with E-state index in [2.05, 4.69) is 10.6 Å². The van der Waals surface area contributed by atoms with Crippen LogP contribution in [0.3, 0.4) is 0 Å². The topological polar surface area (TPSA) is 117 Å². The number of nitrogens with one attached hydrogen (secondary N) is 3. The van der Waals surface area contributed by atoms with Crippen molar-refractivity contribution in [2.24, 2.45) is 5.73 Å². The summed E-state index contributed by atoms with van der Waals surface area (Å²) in [6.07, 6.45) is 0. The van der Waals surface area contributed by atoms with Crippen LogP contribution in [0.25, 0.3) is 0 Å². The zero-order valence-electron chi connectivity index (χ0n) is 15.8. The molecule has 0 fully saturated rings. The second kappa shape index (κ2) is 9.50. The van der Waals surface area contributed by atoms with E-state index in [-0.39, 0.29) is 37.3 Å². The Kier molecular flexibility index (Phi) is 7.08. The molecule has 0 heterocycles. The highest BCUT2D eigenvalue weighted by Crippen LogP contribution is 2.18. The fourth-order valence-corrected chi connectivity index (χ4v) is 2.51. The number of amides is 1. The SMILES string of the molecule is CCOC(=O)CNc1cc(C(=N)N)ccc1CNC(=O)c1ccc(F)c(C)c1. The first-order valence-electron chi connectivity index (χ1n) is 8.73. The molecule has 0 aliphatic heterocycles. The number of carbonyl (C=O) groups excluding carboxylic acids is 2. The number of carbonyl (C=O) groups is 2. The third-order valence-electron chi connectivity index (χ3n) is 4.01. The van der Waals surface area contributed by atoms with Gasteiger partial charge in [-0.2, -0.15) is 0 Å². The minimum atomic E-state index is -0.424. The normalized spacial score (nSPS) is 10.2. The Morgan fingerprint density at radius 1 is 1.18 bits per heavy atom. The predicted octanol–water partition coefficient (Wildman–Crippen LogP) is 2.32. The fourth-order valence-electron chi connectivity index (χ4n) is 2.51. The number of anilines is 1. The Morgan fingerprint density at radius 3 is 2.54 bits per heavy atom. The van der Waals surface area contributed by atoms with Crippen LogP contribution in [0, 0.1) is 18.2 Å². The fraction of sp³-hybridized carbons (Fsp3) is 0.250. The van der Waals surface area contributed by atoms with Crippen molar-refractivity contribution in [2.45, 2.75) is 20.4 Å². The number of nitrogen functional groups attached to an aromatic ring is 1. The van der Waals surface area contributed by atoms with E-state index >= 15 is 0 Å². The van der Waals surface area contributed by atoms with E-state index in [0.717, 1.165) is 0 Å². The third-order valence-corrected chi connectivity index (χ3v) is 4.01. The monoisotopic (exact) mass is 386 g/mol. The van der Waals surface area contributed by atoms with Crippen LogP contribution in [-0.4, -0.2) is 30.9 Å². The number of hydrogen-bond acceptors (Lipinski definition) is 5. The number of nitrogens with two attached hydrogens (primary N) is 1. The Morgan fingerprint density at radius 2 is 1.89 bits per heavy atom. The van der Waals surface area contributed by atoms with E-state index in [9.17, 15) is 14.0 Å². The summed E-state index contributed by atoms with van der Waals surface area (Å²) in [5, 5.41) is 13.3. The highest BCUT2D eigenvalue weighted by Gasteiger charge is 2.11. The molecule has 0 unspecified atom stereocenters. The molecule has 2 rings (SSSR count). The van der Waals surface area contributed by atoms with Gasteiger partial charge < -0.3 is 21.1 Å². The molecule has 0 radical (unpaired) electrons. The minimum Gasteiger partial charge on any atom is -0.465 e. The molecular weight excluding hydrogens is 363 g/mol. The van der Waals surface area contributed by atoms with Gasteiger partial charge in [0.25, 0.3) is 5.91 Å². The van der Waals surface area contributed by atoms with Gasteiger partial charge in [0.05, 0.1) is 6.61 Å². The van der Waals surface area contributed by atoms with Crippen molar-refractivity contribution in [3.63, 3.8) is 0 Å². The van der Waals surface area contributed by atoms with Gasteiger partial charge >= 0.3 is 5.97 Å². The second-order valence-corrected chi connectivity index (χ2v) is 6.09. The number of halogens is 1. The van der Waals surface area contributed by atoms with Crippen molar-refractivity contribution in [2.75, 3.05) is 18.5 Å². The van der Waals surface area contributed by atoms with Gasteiger partial charge in [-0.1, -0.05) is 12.1 Å². The first kappa shape index (κ1) is 20.9. The molecule has 0 saturated heterocycles. The quantitative estimate of drug-likeness (QED) is 0.316. The molecule has 5 N–H and O–H groups in total. The van der Waals surface area contributed by atoms with Gasteiger partial charge in [0, 0.05) is 23.4 Å². The number of esters is 1. The molecule has 28 heavy (non-hydrogen) atoms. The van der Waals surface area contributed by atoms with Crippen LogP contribution in [0.15, 0.2) is 36.4 Å². The summed E-state index contributed by atoms with van der Waals surface area (Å²) in [6, 6.07) is 9.13. The number of rotatable bonds is 8. The molecule has 2 aromatic carbocycles. The molecule has 148 valence electrons. The number of amidine groups is 1. The van der Waals surface area contributed by atoms with Crippen molar-refractivity contribution in [3.05, 3.63) is 64.5 Å². The summed E-state index contributed by atoms with van der Waals surface area (Å²) in [5.41, 5.74) is 7.99. The van der Waals surface area contributed by atoms with Crippen LogP contribution >= 0.6 is 0 Å². The minimum absolute atomic E-state index is 0.0622. The average molecular weight is 386 g/mol. The van der Waals surface area contributed by atoms with E-state index in [1.165, 1.54) is 18.2 Å². The molecule has 1 amide bonds. The van der Waals surface area contributed by atoms with Crippen molar-refractivity contribution >= 4 is 23.4 Å². The Hall–Kier alpha value is -3.42. The van der Waals surface area contributed by atoms with Crippen LogP contribution < -0.4 is 16.4 Å². The summed E-state index contributed by atoms with van der Waals surface area (Å²) in [4.78, 5) is 23.9. The summed E-state index contributed by atoms with van der Waals surface area (Å²) >= 11 is 0. The van der Waals surface area contributed by atoms with Crippen molar-refractivity contribution < 1.29 is 18.7 Å². The zero-order chi connectivity index (χ0) is 20.7. The summed E-state index contributed by atoms with van der Waals surface area (Å²) in [6.45, 7) is 3.68. The standard InChI is InChI=1S/C20H23FN4O3/c1-3-28-18(26)11-24-17-9-13(19(22)23)4-5-15(17)10-25-20(27)14-6-7-16(21)12(2)8-14/h4-9,24H,3,10-11H2,1-2H3,(H3,22,23)(H,25,27). The van der Waals surface area contributed by atoms with Crippen LogP contribution in [0.2, 0.25) is 0 Å². The molecule has 0 aliphatic carbocycles. The Labute approximate surface area is 162 Å². The third kappa shape index (κ3) is 5.54. The van der Waals surface area contributed by atoms with E-state index in [0.29, 0.717) is 27.9 Å². The van der Waals surface area contributed by atoms with Crippen LogP contribution in [0.1, 0.15) is 34.0 Å². The summed E-state index contributed by atoms with van der Waals surface area (Å²) in [5.74, 6) is -1.26. The molecule has 0 aliphatic rings.